The molecule has 0 aliphatic carbocycles. The third-order valence-corrected chi connectivity index (χ3v) is 2.21. The van der Waals surface area contributed by atoms with E-state index in [0.29, 0.717) is 6.07 Å². The van der Waals surface area contributed by atoms with E-state index in [1.54, 1.807) is 0 Å². The van der Waals surface area contributed by atoms with Crippen LogP contribution in [-0.2, 0) is 4.74 Å². The zero-order valence-corrected chi connectivity index (χ0v) is 10.2. The first-order valence-electron chi connectivity index (χ1n) is 5.38. The molecule has 0 saturated carbocycles. The van der Waals surface area contributed by atoms with Gasteiger partial charge in [0.1, 0.15) is 11.8 Å². The third kappa shape index (κ3) is 3.60. The smallest absolute Gasteiger partial charge is 0.387 e. The van der Waals surface area contributed by atoms with Crippen LogP contribution in [0.5, 0.6) is 5.75 Å². The summed E-state index contributed by atoms with van der Waals surface area (Å²) in [5.74, 6) is -1.71. The summed E-state index contributed by atoms with van der Waals surface area (Å²) in [6, 6.07) is 2.81. The lowest BCUT2D eigenvalue weighted by molar-refractivity contribution is -0.0501. The van der Waals surface area contributed by atoms with Crippen LogP contribution < -0.4 is 4.74 Å². The molecule has 4 nitrogen and oxygen atoms in total. The molecule has 0 aromatic heterocycles. The van der Waals surface area contributed by atoms with Gasteiger partial charge in [-0.2, -0.15) is 14.0 Å². The molecule has 0 atom stereocenters. The Morgan fingerprint density at radius 2 is 2.00 bits per heavy atom. The van der Waals surface area contributed by atoms with E-state index in [1.165, 1.54) is 13.0 Å². The number of nitrogens with zero attached hydrogens (tertiary/aromatic N) is 1. The molecule has 0 amide bonds. The Hall–Kier alpha value is -2.30. The van der Waals surface area contributed by atoms with Gasteiger partial charge in [0.15, 0.2) is 0 Å². The monoisotopic (exact) mass is 291 g/mol. The van der Waals surface area contributed by atoms with Crippen LogP contribution in [0.1, 0.15) is 34.8 Å². The Morgan fingerprint density at radius 1 is 1.35 bits per heavy atom. The number of hydrogen-bond donors (Lipinski definition) is 0. The number of esters is 1. The molecule has 0 radical (unpaired) electrons. The number of carbonyl (C=O) groups is 1. The lowest BCUT2D eigenvalue weighted by atomic mass is 10.0. The first kappa shape index (κ1) is 15.8. The fraction of sp³-hybridized carbons (Fsp3) is 0.333. The summed E-state index contributed by atoms with van der Waals surface area (Å²) in [5, 5.41) is 8.86. The number of benzene rings is 1. The van der Waals surface area contributed by atoms with Crippen molar-refractivity contribution in [3.63, 3.8) is 0 Å². The van der Waals surface area contributed by atoms with Gasteiger partial charge in [0, 0.05) is 5.56 Å². The summed E-state index contributed by atoms with van der Waals surface area (Å²) in [6.07, 6.45) is -3.13. The number of rotatable bonds is 5. The van der Waals surface area contributed by atoms with Crippen molar-refractivity contribution in [1.29, 1.82) is 5.26 Å². The highest BCUT2D eigenvalue weighted by Gasteiger charge is 2.24. The van der Waals surface area contributed by atoms with Gasteiger partial charge < -0.3 is 9.47 Å². The Bertz CT molecular complexity index is 540. The van der Waals surface area contributed by atoms with Crippen molar-refractivity contribution < 1.29 is 31.8 Å². The largest absolute Gasteiger partial charge is 0.462 e. The molecule has 0 fully saturated rings. The molecule has 0 aliphatic rings. The van der Waals surface area contributed by atoms with Gasteiger partial charge in [0.25, 0.3) is 6.43 Å². The average Bonchev–Trinajstić information content (AvgIpc) is 2.37. The van der Waals surface area contributed by atoms with E-state index in [9.17, 15) is 22.4 Å². The van der Waals surface area contributed by atoms with E-state index < -0.39 is 41.4 Å². The Morgan fingerprint density at radius 3 is 2.45 bits per heavy atom. The predicted molar refractivity (Wildman–Crippen MR) is 58.7 cm³/mol. The third-order valence-electron chi connectivity index (χ3n) is 2.21. The molecule has 0 aliphatic heterocycles. The van der Waals surface area contributed by atoms with Gasteiger partial charge in [-0.3, -0.25) is 0 Å². The van der Waals surface area contributed by atoms with Gasteiger partial charge >= 0.3 is 12.6 Å². The zero-order valence-electron chi connectivity index (χ0n) is 10.2. The predicted octanol–water partition coefficient (Wildman–Crippen LogP) is 3.27. The molecule has 108 valence electrons. The molecule has 0 heterocycles. The van der Waals surface area contributed by atoms with E-state index in [1.807, 2.05) is 0 Å². The number of nitriles is 1. The fourth-order valence-corrected chi connectivity index (χ4v) is 1.47. The van der Waals surface area contributed by atoms with Crippen molar-refractivity contribution in [2.45, 2.75) is 20.0 Å². The van der Waals surface area contributed by atoms with Crippen LogP contribution in [-0.4, -0.2) is 19.2 Å². The van der Waals surface area contributed by atoms with E-state index in [2.05, 4.69) is 9.47 Å². The number of hydrogen-bond acceptors (Lipinski definition) is 4. The molecule has 20 heavy (non-hydrogen) atoms. The second kappa shape index (κ2) is 6.75. The molecule has 0 spiro atoms. The molecule has 0 N–H and O–H groups in total. The maximum absolute atomic E-state index is 12.8. The van der Waals surface area contributed by atoms with Gasteiger partial charge in [0.05, 0.1) is 17.7 Å². The highest BCUT2D eigenvalue weighted by molar-refractivity contribution is 5.93. The minimum absolute atomic E-state index is 0.0619. The summed E-state index contributed by atoms with van der Waals surface area (Å²) in [7, 11) is 0. The van der Waals surface area contributed by atoms with Crippen molar-refractivity contribution >= 4 is 5.97 Å². The van der Waals surface area contributed by atoms with Crippen LogP contribution in [0, 0.1) is 11.3 Å². The van der Waals surface area contributed by atoms with E-state index in [-0.39, 0.29) is 6.61 Å². The van der Waals surface area contributed by atoms with Crippen LogP contribution >= 0.6 is 0 Å². The van der Waals surface area contributed by atoms with Gasteiger partial charge in [-0.25, -0.2) is 13.6 Å². The molecule has 1 rings (SSSR count). The summed E-state index contributed by atoms with van der Waals surface area (Å²) < 4.78 is 58.5. The number of carbonyl (C=O) groups excluding carboxylic acids is 1. The summed E-state index contributed by atoms with van der Waals surface area (Å²) in [5.41, 5.74) is -2.03. The number of alkyl halides is 4. The quantitative estimate of drug-likeness (QED) is 0.617. The van der Waals surface area contributed by atoms with Gasteiger partial charge in [0.2, 0.25) is 0 Å². The molecule has 0 saturated heterocycles. The highest BCUT2D eigenvalue weighted by atomic mass is 19.3. The van der Waals surface area contributed by atoms with Crippen molar-refractivity contribution in [2.75, 3.05) is 6.61 Å². The molecular weight excluding hydrogens is 282 g/mol. The van der Waals surface area contributed by atoms with Crippen LogP contribution in [0.3, 0.4) is 0 Å². The molecule has 1 aromatic rings. The molecule has 0 unspecified atom stereocenters. The van der Waals surface area contributed by atoms with Gasteiger partial charge in [-0.15, -0.1) is 0 Å². The molecule has 1 aromatic carbocycles. The zero-order chi connectivity index (χ0) is 15.3. The number of halogens is 4. The van der Waals surface area contributed by atoms with Gasteiger partial charge in [-0.1, -0.05) is 0 Å². The van der Waals surface area contributed by atoms with Crippen molar-refractivity contribution in [3.05, 3.63) is 28.8 Å². The van der Waals surface area contributed by atoms with Crippen LogP contribution in [0.25, 0.3) is 0 Å². The van der Waals surface area contributed by atoms with E-state index in [0.717, 1.165) is 6.07 Å². The lowest BCUT2D eigenvalue weighted by Gasteiger charge is -2.12. The first-order chi connectivity index (χ1) is 9.40. The van der Waals surface area contributed by atoms with Crippen LogP contribution in [0.4, 0.5) is 17.6 Å². The fourth-order valence-electron chi connectivity index (χ4n) is 1.47. The van der Waals surface area contributed by atoms with E-state index in [4.69, 9.17) is 5.26 Å². The summed E-state index contributed by atoms with van der Waals surface area (Å²) in [6.45, 7) is -1.84. The summed E-state index contributed by atoms with van der Waals surface area (Å²) >= 11 is 0. The average molecular weight is 291 g/mol. The first-order valence-corrected chi connectivity index (χ1v) is 5.38. The van der Waals surface area contributed by atoms with E-state index >= 15 is 0 Å². The van der Waals surface area contributed by atoms with Crippen LogP contribution in [0.15, 0.2) is 12.1 Å². The maximum Gasteiger partial charge on any atom is 0.387 e. The topological polar surface area (TPSA) is 59.3 Å². The lowest BCUT2D eigenvalue weighted by Crippen LogP contribution is -2.11. The minimum atomic E-state index is -3.25. The minimum Gasteiger partial charge on any atom is -0.462 e. The van der Waals surface area contributed by atoms with Crippen molar-refractivity contribution in [2.24, 2.45) is 0 Å². The highest BCUT2D eigenvalue weighted by Crippen LogP contribution is 2.31. The van der Waals surface area contributed by atoms with Gasteiger partial charge in [-0.05, 0) is 19.1 Å². The Labute approximate surface area is 111 Å². The second-order valence-corrected chi connectivity index (χ2v) is 3.45. The molecule has 0 bridgehead atoms. The standard InChI is InChI=1S/C12H9F4NO3/c1-2-19-11(18)8-4-6(20-12(15)16)3-7(10(13)14)9(8)5-17/h3-4,10,12H,2H2,1H3. The SMILES string of the molecule is CCOC(=O)c1cc(OC(F)F)cc(C(F)F)c1C#N. The Balaban J connectivity index is 3.41. The normalized spacial score (nSPS) is 10.5. The Kier molecular flexibility index (Phi) is 5.32. The molecule has 8 heteroatoms. The van der Waals surface area contributed by atoms with Crippen LogP contribution in [0.2, 0.25) is 0 Å². The van der Waals surface area contributed by atoms with Crippen molar-refractivity contribution in [1.82, 2.24) is 0 Å². The maximum atomic E-state index is 12.8. The number of ether oxygens (including phenoxy) is 2. The second-order valence-electron chi connectivity index (χ2n) is 3.45. The molecular formula is C12H9F4NO3. The summed E-state index contributed by atoms with van der Waals surface area (Å²) in [4.78, 5) is 11.6. The van der Waals surface area contributed by atoms with Crippen molar-refractivity contribution in [3.8, 4) is 11.8 Å².